The lowest BCUT2D eigenvalue weighted by Crippen LogP contribution is -2.05. The lowest BCUT2D eigenvalue weighted by atomic mass is 9.85. The summed E-state index contributed by atoms with van der Waals surface area (Å²) in [6.45, 7) is 0. The second-order valence-electron chi connectivity index (χ2n) is 8.09. The van der Waals surface area contributed by atoms with Gasteiger partial charge in [-0.3, -0.25) is 4.55 Å². The van der Waals surface area contributed by atoms with E-state index < -0.39 is 10.1 Å². The van der Waals surface area contributed by atoms with Crippen LogP contribution >= 0.6 is 22.6 Å². The molecule has 0 aromatic heterocycles. The molecule has 0 saturated heterocycles. The highest BCUT2D eigenvalue weighted by molar-refractivity contribution is 14.1. The first-order valence-electron chi connectivity index (χ1n) is 10.5. The predicted molar refractivity (Wildman–Crippen MR) is 144 cm³/mol. The maximum Gasteiger partial charge on any atom is 0.296 e. The van der Waals surface area contributed by atoms with Crippen LogP contribution in [-0.2, 0) is 10.1 Å². The first-order chi connectivity index (χ1) is 15.9. The average molecular weight is 560 g/mol. The van der Waals surface area contributed by atoms with Crippen LogP contribution in [0.4, 0.5) is 0 Å². The SMILES string of the molecule is O=S(=O)(O)c1c(I)c(-c2ccccc2)c2c(-c3ccccc3)cc3cccc4ccc1c2c43. The molecule has 0 fully saturated rings. The van der Waals surface area contributed by atoms with Gasteiger partial charge in [-0.1, -0.05) is 91.0 Å². The summed E-state index contributed by atoms with van der Waals surface area (Å²) in [6, 6.07) is 32.0. The molecule has 5 heteroatoms. The Morgan fingerprint density at radius 3 is 1.94 bits per heavy atom. The lowest BCUT2D eigenvalue weighted by molar-refractivity contribution is 0.483. The van der Waals surface area contributed by atoms with Crippen molar-refractivity contribution in [3.05, 3.63) is 101 Å². The Morgan fingerprint density at radius 1 is 0.636 bits per heavy atom. The quantitative estimate of drug-likeness (QED) is 0.137. The number of hydrogen-bond donors (Lipinski definition) is 1. The van der Waals surface area contributed by atoms with Crippen LogP contribution in [0.15, 0.2) is 102 Å². The molecule has 1 N–H and O–H groups in total. The van der Waals surface area contributed by atoms with Gasteiger partial charge in [-0.25, -0.2) is 0 Å². The van der Waals surface area contributed by atoms with E-state index in [0.717, 1.165) is 49.2 Å². The average Bonchev–Trinajstić information content (AvgIpc) is 2.82. The molecule has 6 rings (SSSR count). The van der Waals surface area contributed by atoms with Gasteiger partial charge < -0.3 is 0 Å². The summed E-state index contributed by atoms with van der Waals surface area (Å²) in [5.74, 6) is 0. The fourth-order valence-corrected chi connectivity index (χ4v) is 7.40. The van der Waals surface area contributed by atoms with Crippen LogP contribution in [0, 0.1) is 3.57 Å². The molecule has 0 heterocycles. The standard InChI is InChI=1S/C28H17IO3S/c29-27-24(18-10-5-2-6-11-18)26-22(17-8-3-1-4-9-17)16-20-13-7-12-19-14-15-21(25(26)23(19)20)28(27)33(30,31)32/h1-16H,(H,30,31,32). The minimum atomic E-state index is -4.47. The van der Waals surface area contributed by atoms with Gasteiger partial charge in [0.05, 0.1) is 0 Å². The fourth-order valence-electron chi connectivity index (χ4n) is 4.91. The Balaban J connectivity index is 1.99. The van der Waals surface area contributed by atoms with Gasteiger partial charge >= 0.3 is 0 Å². The summed E-state index contributed by atoms with van der Waals surface area (Å²) in [4.78, 5) is -0.0354. The predicted octanol–water partition coefficient (Wildman–Crippen LogP) is 7.77. The largest absolute Gasteiger partial charge is 0.296 e. The van der Waals surface area contributed by atoms with E-state index >= 15 is 0 Å². The molecule has 0 unspecified atom stereocenters. The molecule has 0 radical (unpaired) electrons. The Kier molecular flexibility index (Phi) is 4.69. The van der Waals surface area contributed by atoms with Gasteiger partial charge in [0.1, 0.15) is 4.90 Å². The zero-order valence-corrected chi connectivity index (χ0v) is 20.3. The minimum Gasteiger partial charge on any atom is -0.282 e. The zero-order valence-electron chi connectivity index (χ0n) is 17.3. The minimum absolute atomic E-state index is 0.0354. The molecule has 0 aliphatic carbocycles. The fraction of sp³-hybridized carbons (Fsp3) is 0. The number of rotatable bonds is 3. The van der Waals surface area contributed by atoms with E-state index in [1.807, 2.05) is 72.8 Å². The summed E-state index contributed by atoms with van der Waals surface area (Å²) in [5.41, 5.74) is 3.80. The van der Waals surface area contributed by atoms with Gasteiger partial charge in [0.25, 0.3) is 10.1 Å². The molecule has 6 aromatic rings. The highest BCUT2D eigenvalue weighted by Gasteiger charge is 2.27. The molecule has 0 amide bonds. The normalized spacial score (nSPS) is 12.2. The maximum atomic E-state index is 12.7. The second kappa shape index (κ2) is 7.52. The van der Waals surface area contributed by atoms with Gasteiger partial charge in [0, 0.05) is 19.9 Å². The molecule has 0 saturated carbocycles. The van der Waals surface area contributed by atoms with Crippen molar-refractivity contribution < 1.29 is 13.0 Å². The number of benzene rings is 6. The molecular formula is C28H17IO3S. The van der Waals surface area contributed by atoms with Crippen molar-refractivity contribution in [1.82, 2.24) is 0 Å². The topological polar surface area (TPSA) is 54.4 Å². The van der Waals surface area contributed by atoms with Crippen LogP contribution in [0.2, 0.25) is 0 Å². The van der Waals surface area contributed by atoms with E-state index in [1.54, 1.807) is 0 Å². The van der Waals surface area contributed by atoms with Crippen molar-refractivity contribution >= 4 is 65.0 Å². The second-order valence-corrected chi connectivity index (χ2v) is 10.5. The molecule has 0 aliphatic heterocycles. The zero-order chi connectivity index (χ0) is 22.7. The highest BCUT2D eigenvalue weighted by Crippen LogP contribution is 2.49. The van der Waals surface area contributed by atoms with E-state index in [9.17, 15) is 13.0 Å². The van der Waals surface area contributed by atoms with Crippen molar-refractivity contribution in [2.45, 2.75) is 4.90 Å². The Hall–Kier alpha value is -3.00. The van der Waals surface area contributed by atoms with Gasteiger partial charge in [-0.2, -0.15) is 8.42 Å². The molecular weight excluding hydrogens is 543 g/mol. The Morgan fingerprint density at radius 2 is 1.27 bits per heavy atom. The summed E-state index contributed by atoms with van der Waals surface area (Å²) in [5, 5.41) is 5.46. The molecule has 0 bridgehead atoms. The monoisotopic (exact) mass is 560 g/mol. The van der Waals surface area contributed by atoms with Gasteiger partial charge in [0.15, 0.2) is 0 Å². The van der Waals surface area contributed by atoms with Crippen LogP contribution in [0.25, 0.3) is 54.6 Å². The van der Waals surface area contributed by atoms with E-state index in [4.69, 9.17) is 0 Å². The molecule has 0 aliphatic rings. The maximum absolute atomic E-state index is 12.7. The van der Waals surface area contributed by atoms with E-state index in [2.05, 4.69) is 46.9 Å². The number of hydrogen-bond acceptors (Lipinski definition) is 2. The Bertz CT molecular complexity index is 1780. The third kappa shape index (κ3) is 3.14. The van der Waals surface area contributed by atoms with Gasteiger partial charge in [-0.15, -0.1) is 0 Å². The van der Waals surface area contributed by atoms with Crippen LogP contribution < -0.4 is 0 Å². The van der Waals surface area contributed by atoms with Crippen molar-refractivity contribution in [1.29, 1.82) is 0 Å². The van der Waals surface area contributed by atoms with E-state index in [1.165, 1.54) is 0 Å². The summed E-state index contributed by atoms with van der Waals surface area (Å²) < 4.78 is 36.2. The van der Waals surface area contributed by atoms with Crippen LogP contribution in [0.1, 0.15) is 0 Å². The van der Waals surface area contributed by atoms with Crippen LogP contribution in [-0.4, -0.2) is 13.0 Å². The Labute approximate surface area is 204 Å². The van der Waals surface area contributed by atoms with Crippen LogP contribution in [0.3, 0.4) is 0 Å². The van der Waals surface area contributed by atoms with Crippen LogP contribution in [0.5, 0.6) is 0 Å². The summed E-state index contributed by atoms with van der Waals surface area (Å²) >= 11 is 2.07. The third-order valence-corrected chi connectivity index (χ3v) is 8.60. The number of halogens is 1. The van der Waals surface area contributed by atoms with Crippen molar-refractivity contribution in [2.24, 2.45) is 0 Å². The van der Waals surface area contributed by atoms with Crippen molar-refractivity contribution in [2.75, 3.05) is 0 Å². The van der Waals surface area contributed by atoms with Crippen molar-refractivity contribution in [3.63, 3.8) is 0 Å². The molecule has 0 atom stereocenters. The molecule has 3 nitrogen and oxygen atoms in total. The molecule has 6 aromatic carbocycles. The molecule has 160 valence electrons. The highest BCUT2D eigenvalue weighted by atomic mass is 127. The smallest absolute Gasteiger partial charge is 0.282 e. The first kappa shape index (κ1) is 20.6. The summed E-state index contributed by atoms with van der Waals surface area (Å²) in [6.07, 6.45) is 0. The third-order valence-electron chi connectivity index (χ3n) is 6.22. The lowest BCUT2D eigenvalue weighted by Gasteiger charge is -2.22. The van der Waals surface area contributed by atoms with Gasteiger partial charge in [0.2, 0.25) is 0 Å². The van der Waals surface area contributed by atoms with E-state index in [-0.39, 0.29) is 4.90 Å². The van der Waals surface area contributed by atoms with E-state index in [0.29, 0.717) is 8.96 Å². The first-order valence-corrected chi connectivity index (χ1v) is 13.0. The molecule has 33 heavy (non-hydrogen) atoms. The summed E-state index contributed by atoms with van der Waals surface area (Å²) in [7, 11) is -4.47. The van der Waals surface area contributed by atoms with Crippen molar-refractivity contribution in [3.8, 4) is 22.3 Å². The molecule has 0 spiro atoms. The van der Waals surface area contributed by atoms with Gasteiger partial charge in [-0.05, 0) is 66.9 Å².